The molecule has 0 atom stereocenters. The molecule has 0 unspecified atom stereocenters. The lowest BCUT2D eigenvalue weighted by Crippen LogP contribution is -2.03. The van der Waals surface area contributed by atoms with Gasteiger partial charge >= 0.3 is 0 Å². The minimum absolute atomic E-state index is 0.145. The van der Waals surface area contributed by atoms with Crippen LogP contribution < -0.4 is 19.5 Å². The summed E-state index contributed by atoms with van der Waals surface area (Å²) in [5.41, 5.74) is 1.48. The van der Waals surface area contributed by atoms with E-state index in [0.29, 0.717) is 34.5 Å². The summed E-state index contributed by atoms with van der Waals surface area (Å²) in [7, 11) is 4.72. The lowest BCUT2D eigenvalue weighted by molar-refractivity contribution is 0.324. The van der Waals surface area contributed by atoms with E-state index in [2.05, 4.69) is 32.3 Å². The average Bonchev–Trinajstić information content (AvgIpc) is 3.45. The number of aryl methyl sites for hydroxylation is 1. The zero-order valence-electron chi connectivity index (χ0n) is 19.0. The Balaban J connectivity index is 1.63. The number of hydrogen-bond donors (Lipinski definition) is 1. The van der Waals surface area contributed by atoms with Crippen molar-refractivity contribution in [3.63, 3.8) is 0 Å². The summed E-state index contributed by atoms with van der Waals surface area (Å²) in [5.74, 6) is 2.75. The van der Waals surface area contributed by atoms with E-state index in [0.717, 1.165) is 36.9 Å². The van der Waals surface area contributed by atoms with Gasteiger partial charge in [0.05, 0.1) is 44.8 Å². The third kappa shape index (κ3) is 4.65. The number of anilines is 2. The molecule has 0 saturated heterocycles. The van der Waals surface area contributed by atoms with Crippen molar-refractivity contribution in [2.45, 2.75) is 32.7 Å². The summed E-state index contributed by atoms with van der Waals surface area (Å²) in [6.45, 7) is 2.94. The molecule has 174 valence electrons. The number of halogens is 1. The minimum Gasteiger partial charge on any atom is -0.493 e. The van der Waals surface area contributed by atoms with Crippen LogP contribution in [0.25, 0.3) is 16.7 Å². The van der Waals surface area contributed by atoms with Crippen molar-refractivity contribution in [1.29, 1.82) is 0 Å². The summed E-state index contributed by atoms with van der Waals surface area (Å²) in [5, 5.41) is 8.62. The summed E-state index contributed by atoms with van der Waals surface area (Å²) in [4.78, 5) is 13.2. The van der Waals surface area contributed by atoms with Crippen molar-refractivity contribution in [1.82, 2.24) is 29.3 Å². The average molecular weight is 472 g/mol. The first-order chi connectivity index (χ1) is 16.1. The molecule has 4 rings (SSSR count). The molecule has 3 aromatic heterocycles. The number of nitrogens with zero attached hydrogens (tertiary/aromatic N) is 6. The molecule has 0 radical (unpaired) electrons. The quantitative estimate of drug-likeness (QED) is 0.264. The third-order valence-corrected chi connectivity index (χ3v) is 5.39. The molecule has 1 N–H and O–H groups in total. The first-order valence-corrected chi connectivity index (χ1v) is 11.0. The van der Waals surface area contributed by atoms with Crippen molar-refractivity contribution < 1.29 is 14.2 Å². The molecule has 0 saturated carbocycles. The van der Waals surface area contributed by atoms with Crippen molar-refractivity contribution in [3.8, 4) is 22.9 Å². The Hall–Kier alpha value is -3.53. The molecule has 0 aliphatic heterocycles. The Kier molecular flexibility index (Phi) is 6.83. The summed E-state index contributed by atoms with van der Waals surface area (Å²) in [6, 6.07) is 3.68. The third-order valence-electron chi connectivity index (χ3n) is 5.22. The van der Waals surface area contributed by atoms with Crippen molar-refractivity contribution in [3.05, 3.63) is 36.1 Å². The largest absolute Gasteiger partial charge is 0.493 e. The van der Waals surface area contributed by atoms with E-state index in [-0.39, 0.29) is 5.28 Å². The van der Waals surface area contributed by atoms with Gasteiger partial charge in [-0.1, -0.05) is 19.8 Å². The second kappa shape index (κ2) is 9.95. The lowest BCUT2D eigenvalue weighted by Gasteiger charge is -2.14. The standard InChI is InChI=1S/C22H26ClN7O3/c1-5-6-7-8-30-21-15(11-25-30)20(27-22(23)28-21)26-18-12-29(13-24-18)14-9-16(31-2)19(33-4)17(10-14)32-3/h9-13H,5-8H2,1-4H3,(H,26,27,28). The summed E-state index contributed by atoms with van der Waals surface area (Å²) >= 11 is 6.21. The van der Waals surface area contributed by atoms with Crippen LogP contribution in [0.5, 0.6) is 17.2 Å². The molecular weight excluding hydrogens is 446 g/mol. The highest BCUT2D eigenvalue weighted by Crippen LogP contribution is 2.39. The van der Waals surface area contributed by atoms with Crippen LogP contribution in [0.15, 0.2) is 30.9 Å². The number of ether oxygens (including phenoxy) is 3. The van der Waals surface area contributed by atoms with Gasteiger partial charge in [0.1, 0.15) is 18.0 Å². The number of nitrogens with one attached hydrogen (secondary N) is 1. The zero-order valence-corrected chi connectivity index (χ0v) is 19.8. The minimum atomic E-state index is 0.145. The smallest absolute Gasteiger partial charge is 0.226 e. The van der Waals surface area contributed by atoms with E-state index in [1.807, 2.05) is 27.6 Å². The number of benzene rings is 1. The van der Waals surface area contributed by atoms with Gasteiger partial charge in [-0.3, -0.25) is 0 Å². The Labute approximate surface area is 196 Å². The second-order valence-corrected chi connectivity index (χ2v) is 7.67. The van der Waals surface area contributed by atoms with Gasteiger partial charge in [0.15, 0.2) is 17.1 Å². The van der Waals surface area contributed by atoms with Gasteiger partial charge < -0.3 is 24.1 Å². The fourth-order valence-corrected chi connectivity index (χ4v) is 3.73. The molecule has 4 aromatic rings. The maximum atomic E-state index is 6.21. The Bertz CT molecular complexity index is 1230. The van der Waals surface area contributed by atoms with Crippen LogP contribution in [0, 0.1) is 0 Å². The van der Waals surface area contributed by atoms with Gasteiger partial charge in [0.2, 0.25) is 11.0 Å². The van der Waals surface area contributed by atoms with Crippen molar-refractivity contribution in [2.75, 3.05) is 26.6 Å². The summed E-state index contributed by atoms with van der Waals surface area (Å²) in [6.07, 6.45) is 8.54. The first-order valence-electron chi connectivity index (χ1n) is 10.6. The maximum absolute atomic E-state index is 6.21. The molecule has 0 bridgehead atoms. The van der Waals surface area contributed by atoms with Gasteiger partial charge in [0.25, 0.3) is 0 Å². The topological polar surface area (TPSA) is 101 Å². The van der Waals surface area contributed by atoms with E-state index < -0.39 is 0 Å². The second-order valence-electron chi connectivity index (χ2n) is 7.33. The molecule has 33 heavy (non-hydrogen) atoms. The van der Waals surface area contributed by atoms with E-state index in [4.69, 9.17) is 25.8 Å². The molecule has 0 aliphatic carbocycles. The number of aromatic nitrogens is 6. The highest BCUT2D eigenvalue weighted by molar-refractivity contribution is 6.28. The molecular formula is C22H26ClN7O3. The van der Waals surface area contributed by atoms with Crippen molar-refractivity contribution in [2.24, 2.45) is 0 Å². The van der Waals surface area contributed by atoms with E-state index in [1.54, 1.807) is 33.9 Å². The molecule has 0 spiro atoms. The van der Waals surface area contributed by atoms with Crippen LogP contribution >= 0.6 is 11.6 Å². The normalized spacial score (nSPS) is 11.1. The monoisotopic (exact) mass is 471 g/mol. The Morgan fingerprint density at radius 3 is 2.45 bits per heavy atom. The lowest BCUT2D eigenvalue weighted by atomic mass is 10.2. The molecule has 10 nitrogen and oxygen atoms in total. The number of imidazole rings is 1. The zero-order chi connectivity index (χ0) is 23.4. The maximum Gasteiger partial charge on any atom is 0.226 e. The van der Waals surface area contributed by atoms with Gasteiger partial charge in [0, 0.05) is 18.7 Å². The van der Waals surface area contributed by atoms with Crippen LogP contribution in [-0.2, 0) is 6.54 Å². The van der Waals surface area contributed by atoms with Gasteiger partial charge in [-0.05, 0) is 18.0 Å². The van der Waals surface area contributed by atoms with Crippen LogP contribution in [0.3, 0.4) is 0 Å². The van der Waals surface area contributed by atoms with Crippen LogP contribution in [0.1, 0.15) is 26.2 Å². The van der Waals surface area contributed by atoms with Gasteiger partial charge in [-0.2, -0.15) is 15.1 Å². The van der Waals surface area contributed by atoms with Gasteiger partial charge in [-0.15, -0.1) is 0 Å². The number of rotatable bonds is 10. The fraction of sp³-hybridized carbons (Fsp3) is 0.364. The first kappa shape index (κ1) is 22.7. The predicted molar refractivity (Wildman–Crippen MR) is 126 cm³/mol. The molecule has 11 heteroatoms. The SMILES string of the molecule is CCCCCn1ncc2c(Nc3cn(-c4cc(OC)c(OC)c(OC)c4)cn3)nc(Cl)nc21. The molecule has 0 amide bonds. The fourth-order valence-electron chi connectivity index (χ4n) is 3.57. The van der Waals surface area contributed by atoms with E-state index in [1.165, 1.54) is 0 Å². The molecule has 0 aliphatic rings. The van der Waals surface area contributed by atoms with Crippen LogP contribution in [-0.4, -0.2) is 50.6 Å². The van der Waals surface area contributed by atoms with Crippen molar-refractivity contribution >= 4 is 34.3 Å². The molecule has 3 heterocycles. The number of unbranched alkanes of at least 4 members (excludes halogenated alkanes) is 2. The predicted octanol–water partition coefficient (Wildman–Crippen LogP) is 4.63. The Morgan fingerprint density at radius 1 is 1.03 bits per heavy atom. The molecule has 0 fully saturated rings. The Morgan fingerprint density at radius 2 is 1.79 bits per heavy atom. The highest BCUT2D eigenvalue weighted by Gasteiger charge is 2.16. The highest BCUT2D eigenvalue weighted by atomic mass is 35.5. The van der Waals surface area contributed by atoms with Crippen LogP contribution in [0.4, 0.5) is 11.6 Å². The van der Waals surface area contributed by atoms with E-state index >= 15 is 0 Å². The molecule has 1 aromatic carbocycles. The van der Waals surface area contributed by atoms with Crippen LogP contribution in [0.2, 0.25) is 5.28 Å². The summed E-state index contributed by atoms with van der Waals surface area (Å²) < 4.78 is 20.0. The number of fused-ring (bicyclic) bond motifs is 1. The number of hydrogen-bond acceptors (Lipinski definition) is 8. The number of methoxy groups -OCH3 is 3. The van der Waals surface area contributed by atoms with E-state index in [9.17, 15) is 0 Å². The van der Waals surface area contributed by atoms with Gasteiger partial charge in [-0.25, -0.2) is 9.67 Å².